The van der Waals surface area contributed by atoms with Gasteiger partial charge in [0.25, 0.3) is 0 Å². The molecule has 2 rings (SSSR count). The van der Waals surface area contributed by atoms with Gasteiger partial charge < -0.3 is 5.11 Å². The standard InChI is InChI=1S/C9H14O/c1-6(2)9-4-3-8(10)7(9)5-9/h7-8,10H,1,3-5H2,2H3/t7-,8-,9-/m1/s1. The summed E-state index contributed by atoms with van der Waals surface area (Å²) in [5.74, 6) is 0.574. The SMILES string of the molecule is C=C(C)[C@]12CC[C@@H](O)[C@H]1C2. The minimum atomic E-state index is -0.0169. The maximum atomic E-state index is 9.41. The molecule has 0 bridgehead atoms. The first-order valence-corrected chi connectivity index (χ1v) is 4.01. The van der Waals surface area contributed by atoms with E-state index in [1.54, 1.807) is 0 Å². The Labute approximate surface area is 61.8 Å². The highest BCUT2D eigenvalue weighted by Gasteiger charge is 2.61. The fraction of sp³-hybridized carbons (Fsp3) is 0.778. The predicted molar refractivity (Wildman–Crippen MR) is 40.6 cm³/mol. The number of fused-ring (bicyclic) bond motifs is 1. The maximum absolute atomic E-state index is 9.41. The van der Waals surface area contributed by atoms with Crippen LogP contribution in [0.3, 0.4) is 0 Å². The van der Waals surface area contributed by atoms with Crippen LogP contribution in [-0.2, 0) is 0 Å². The summed E-state index contributed by atoms with van der Waals surface area (Å²) >= 11 is 0. The van der Waals surface area contributed by atoms with E-state index in [9.17, 15) is 5.11 Å². The highest BCUT2D eigenvalue weighted by Crippen LogP contribution is 2.66. The lowest BCUT2D eigenvalue weighted by Gasteiger charge is -2.08. The lowest BCUT2D eigenvalue weighted by molar-refractivity contribution is 0.159. The van der Waals surface area contributed by atoms with Crippen molar-refractivity contribution in [3.63, 3.8) is 0 Å². The molecule has 0 aromatic carbocycles. The fourth-order valence-corrected chi connectivity index (χ4v) is 2.44. The van der Waals surface area contributed by atoms with Gasteiger partial charge in [0.15, 0.2) is 0 Å². The molecule has 2 aliphatic carbocycles. The van der Waals surface area contributed by atoms with Gasteiger partial charge in [-0.3, -0.25) is 0 Å². The minimum absolute atomic E-state index is 0.0169. The van der Waals surface area contributed by atoms with Crippen molar-refractivity contribution in [3.05, 3.63) is 12.2 Å². The molecule has 1 N–H and O–H groups in total. The smallest absolute Gasteiger partial charge is 0.0577 e. The van der Waals surface area contributed by atoms with E-state index in [1.807, 2.05) is 0 Å². The molecule has 0 amide bonds. The number of aliphatic hydroxyl groups is 1. The summed E-state index contributed by atoms with van der Waals surface area (Å²) in [6, 6.07) is 0. The van der Waals surface area contributed by atoms with E-state index in [0.717, 1.165) is 6.42 Å². The molecule has 0 radical (unpaired) electrons. The number of allylic oxidation sites excluding steroid dienone is 1. The Morgan fingerprint density at radius 1 is 1.70 bits per heavy atom. The van der Waals surface area contributed by atoms with Crippen LogP contribution in [0, 0.1) is 11.3 Å². The Hall–Kier alpha value is -0.300. The van der Waals surface area contributed by atoms with Crippen molar-refractivity contribution in [2.75, 3.05) is 0 Å². The van der Waals surface area contributed by atoms with Crippen LogP contribution >= 0.6 is 0 Å². The summed E-state index contributed by atoms with van der Waals surface area (Å²) in [4.78, 5) is 0. The lowest BCUT2D eigenvalue weighted by atomic mass is 9.96. The van der Waals surface area contributed by atoms with Gasteiger partial charge in [0.1, 0.15) is 0 Å². The van der Waals surface area contributed by atoms with Crippen molar-refractivity contribution in [1.29, 1.82) is 0 Å². The molecule has 56 valence electrons. The number of hydrogen-bond acceptors (Lipinski definition) is 1. The number of rotatable bonds is 1. The molecular weight excluding hydrogens is 124 g/mol. The van der Waals surface area contributed by atoms with Crippen molar-refractivity contribution >= 4 is 0 Å². The third-order valence-corrected chi connectivity index (χ3v) is 3.33. The first-order chi connectivity index (χ1) is 4.67. The van der Waals surface area contributed by atoms with Crippen LogP contribution in [0.15, 0.2) is 12.2 Å². The zero-order chi connectivity index (χ0) is 7.35. The van der Waals surface area contributed by atoms with Gasteiger partial charge in [-0.2, -0.15) is 0 Å². The van der Waals surface area contributed by atoms with Gasteiger partial charge in [-0.1, -0.05) is 12.2 Å². The molecule has 2 saturated carbocycles. The van der Waals surface area contributed by atoms with Gasteiger partial charge in [0, 0.05) is 0 Å². The number of aliphatic hydroxyl groups excluding tert-OH is 1. The summed E-state index contributed by atoms with van der Waals surface area (Å²) in [7, 11) is 0. The normalized spacial score (nSPS) is 50.6. The molecule has 0 aromatic rings. The predicted octanol–water partition coefficient (Wildman–Crippen LogP) is 1.72. The van der Waals surface area contributed by atoms with Crippen LogP contribution in [0.4, 0.5) is 0 Å². The zero-order valence-corrected chi connectivity index (χ0v) is 6.43. The molecule has 2 fully saturated rings. The van der Waals surface area contributed by atoms with Crippen molar-refractivity contribution in [1.82, 2.24) is 0 Å². The van der Waals surface area contributed by atoms with Crippen LogP contribution in [0.25, 0.3) is 0 Å². The van der Waals surface area contributed by atoms with Crippen molar-refractivity contribution < 1.29 is 5.11 Å². The van der Waals surface area contributed by atoms with E-state index < -0.39 is 0 Å². The van der Waals surface area contributed by atoms with E-state index >= 15 is 0 Å². The second kappa shape index (κ2) is 1.65. The van der Waals surface area contributed by atoms with Gasteiger partial charge in [-0.25, -0.2) is 0 Å². The summed E-state index contributed by atoms with van der Waals surface area (Å²) in [5.41, 5.74) is 1.67. The maximum Gasteiger partial charge on any atom is 0.0577 e. The van der Waals surface area contributed by atoms with E-state index in [0.29, 0.717) is 11.3 Å². The second-order valence-corrected chi connectivity index (χ2v) is 3.85. The monoisotopic (exact) mass is 138 g/mol. The molecular formula is C9H14O. The Morgan fingerprint density at radius 2 is 2.40 bits per heavy atom. The quantitative estimate of drug-likeness (QED) is 0.547. The lowest BCUT2D eigenvalue weighted by Crippen LogP contribution is -2.03. The Morgan fingerprint density at radius 3 is 2.60 bits per heavy atom. The average molecular weight is 138 g/mol. The zero-order valence-electron chi connectivity index (χ0n) is 6.43. The van der Waals surface area contributed by atoms with E-state index in [2.05, 4.69) is 13.5 Å². The summed E-state index contributed by atoms with van der Waals surface area (Å²) < 4.78 is 0. The van der Waals surface area contributed by atoms with E-state index in [4.69, 9.17) is 0 Å². The van der Waals surface area contributed by atoms with Crippen molar-refractivity contribution in [2.45, 2.75) is 32.3 Å². The van der Waals surface area contributed by atoms with Crippen LogP contribution in [0.5, 0.6) is 0 Å². The highest BCUT2D eigenvalue weighted by atomic mass is 16.3. The Kier molecular flexibility index (Phi) is 1.06. The molecule has 0 heterocycles. The first kappa shape index (κ1) is 6.41. The van der Waals surface area contributed by atoms with Gasteiger partial charge in [-0.05, 0) is 37.5 Å². The largest absolute Gasteiger partial charge is 0.393 e. The first-order valence-electron chi connectivity index (χ1n) is 4.01. The molecule has 3 atom stereocenters. The highest BCUT2D eigenvalue weighted by molar-refractivity contribution is 5.25. The van der Waals surface area contributed by atoms with E-state index in [-0.39, 0.29) is 6.10 Å². The van der Waals surface area contributed by atoms with Crippen molar-refractivity contribution in [3.8, 4) is 0 Å². The molecule has 1 heteroatoms. The molecule has 2 aliphatic rings. The summed E-state index contributed by atoms with van der Waals surface area (Å²) in [6.45, 7) is 6.07. The van der Waals surface area contributed by atoms with Gasteiger partial charge >= 0.3 is 0 Å². The fourth-order valence-electron chi connectivity index (χ4n) is 2.44. The van der Waals surface area contributed by atoms with E-state index in [1.165, 1.54) is 18.4 Å². The van der Waals surface area contributed by atoms with Crippen LogP contribution < -0.4 is 0 Å². The molecule has 0 saturated heterocycles. The average Bonchev–Trinajstić information content (AvgIpc) is 2.52. The molecule has 1 nitrogen and oxygen atoms in total. The summed E-state index contributed by atoms with van der Waals surface area (Å²) in [6.07, 6.45) is 3.35. The molecule has 0 unspecified atom stereocenters. The second-order valence-electron chi connectivity index (χ2n) is 3.85. The molecule has 0 spiro atoms. The third kappa shape index (κ3) is 0.567. The topological polar surface area (TPSA) is 20.2 Å². The molecule has 10 heavy (non-hydrogen) atoms. The van der Waals surface area contributed by atoms with Crippen molar-refractivity contribution in [2.24, 2.45) is 11.3 Å². The van der Waals surface area contributed by atoms with Crippen LogP contribution in [0.1, 0.15) is 26.2 Å². The molecule has 0 aliphatic heterocycles. The Balaban J connectivity index is 2.18. The van der Waals surface area contributed by atoms with Crippen LogP contribution in [-0.4, -0.2) is 11.2 Å². The van der Waals surface area contributed by atoms with Crippen LogP contribution in [0.2, 0.25) is 0 Å². The Bertz CT molecular complexity index is 185. The summed E-state index contributed by atoms with van der Waals surface area (Å²) in [5, 5.41) is 9.41. The van der Waals surface area contributed by atoms with Gasteiger partial charge in [0.05, 0.1) is 6.10 Å². The minimum Gasteiger partial charge on any atom is -0.393 e. The van der Waals surface area contributed by atoms with Gasteiger partial charge in [-0.15, -0.1) is 0 Å². The number of hydrogen-bond donors (Lipinski definition) is 1. The van der Waals surface area contributed by atoms with Gasteiger partial charge in [0.2, 0.25) is 0 Å². The third-order valence-electron chi connectivity index (χ3n) is 3.33. The molecule has 0 aromatic heterocycles.